The zero-order valence-electron chi connectivity index (χ0n) is 13.1. The fourth-order valence-corrected chi connectivity index (χ4v) is 2.56. The van der Waals surface area contributed by atoms with E-state index in [0.29, 0.717) is 22.6 Å². The predicted octanol–water partition coefficient (Wildman–Crippen LogP) is 4.15. The highest BCUT2D eigenvalue weighted by Crippen LogP contribution is 2.21. The highest BCUT2D eigenvalue weighted by Gasteiger charge is 2.29. The largest absolute Gasteiger partial charge is 0.478 e. The summed E-state index contributed by atoms with van der Waals surface area (Å²) in [7, 11) is 0. The molecule has 0 saturated carbocycles. The average molecular weight is 330 g/mol. The van der Waals surface area contributed by atoms with Crippen LogP contribution in [0.1, 0.15) is 34.1 Å². The Morgan fingerprint density at radius 1 is 1.33 bits per heavy atom. The van der Waals surface area contributed by atoms with Crippen molar-refractivity contribution in [3.63, 3.8) is 0 Å². The molecule has 0 aliphatic carbocycles. The van der Waals surface area contributed by atoms with Crippen molar-refractivity contribution in [1.82, 2.24) is 5.32 Å². The molecule has 1 N–H and O–H groups in total. The molecule has 1 aromatic carbocycles. The molecule has 0 aromatic heterocycles. The second-order valence-corrected chi connectivity index (χ2v) is 7.72. The van der Waals surface area contributed by atoms with Crippen LogP contribution >= 0.6 is 23.4 Å². The van der Waals surface area contributed by atoms with Gasteiger partial charge < -0.3 is 10.1 Å². The lowest BCUT2D eigenvalue weighted by molar-refractivity contribution is -0.134. The zero-order valence-corrected chi connectivity index (χ0v) is 14.7. The third-order valence-electron chi connectivity index (χ3n) is 2.79. The highest BCUT2D eigenvalue weighted by molar-refractivity contribution is 7.99. The van der Waals surface area contributed by atoms with E-state index in [0.717, 1.165) is 12.2 Å². The SMILES string of the molecule is CC(C)SCCCNC(=O)C(C)(C)Oc1ccc(Cl)cc1. The van der Waals surface area contributed by atoms with Gasteiger partial charge >= 0.3 is 0 Å². The number of hydrogen-bond donors (Lipinski definition) is 1. The van der Waals surface area contributed by atoms with Crippen LogP contribution in [0.25, 0.3) is 0 Å². The first-order valence-electron chi connectivity index (χ1n) is 7.16. The number of amides is 1. The van der Waals surface area contributed by atoms with Crippen LogP contribution in [0.15, 0.2) is 24.3 Å². The minimum absolute atomic E-state index is 0.105. The molecule has 0 saturated heterocycles. The number of ether oxygens (including phenoxy) is 1. The summed E-state index contributed by atoms with van der Waals surface area (Å²) in [6, 6.07) is 7.01. The van der Waals surface area contributed by atoms with Crippen molar-refractivity contribution in [1.29, 1.82) is 0 Å². The first-order chi connectivity index (χ1) is 9.81. The van der Waals surface area contributed by atoms with Gasteiger partial charge in [-0.15, -0.1) is 0 Å². The van der Waals surface area contributed by atoms with Crippen LogP contribution in [0.4, 0.5) is 0 Å². The molecule has 0 atom stereocenters. The molecule has 0 spiro atoms. The molecular weight excluding hydrogens is 306 g/mol. The summed E-state index contributed by atoms with van der Waals surface area (Å²) in [6.07, 6.45) is 0.964. The number of halogens is 1. The van der Waals surface area contributed by atoms with Gasteiger partial charge in [-0.2, -0.15) is 11.8 Å². The number of carbonyl (C=O) groups is 1. The van der Waals surface area contributed by atoms with E-state index in [4.69, 9.17) is 16.3 Å². The Labute approximate surface area is 136 Å². The lowest BCUT2D eigenvalue weighted by Gasteiger charge is -2.25. The maximum Gasteiger partial charge on any atom is 0.263 e. The molecule has 1 aromatic rings. The van der Waals surface area contributed by atoms with Gasteiger partial charge in [-0.3, -0.25) is 4.79 Å². The summed E-state index contributed by atoms with van der Waals surface area (Å²) < 4.78 is 5.74. The quantitative estimate of drug-likeness (QED) is 0.728. The summed E-state index contributed by atoms with van der Waals surface area (Å²) in [5.41, 5.74) is -0.904. The molecule has 0 bridgehead atoms. The van der Waals surface area contributed by atoms with Crippen LogP contribution in [-0.4, -0.2) is 29.1 Å². The van der Waals surface area contributed by atoms with Crippen molar-refractivity contribution in [3.8, 4) is 5.75 Å². The summed E-state index contributed by atoms with van der Waals surface area (Å²) >= 11 is 7.73. The molecule has 0 aliphatic rings. The van der Waals surface area contributed by atoms with Crippen LogP contribution < -0.4 is 10.1 Å². The molecule has 0 unspecified atom stereocenters. The third kappa shape index (κ3) is 7.09. The third-order valence-corrected chi connectivity index (χ3v) is 4.23. The lowest BCUT2D eigenvalue weighted by Crippen LogP contribution is -2.46. The van der Waals surface area contributed by atoms with Gasteiger partial charge in [0.05, 0.1) is 0 Å². The summed E-state index contributed by atoms with van der Waals surface area (Å²) in [5.74, 6) is 1.58. The van der Waals surface area contributed by atoms with Crippen molar-refractivity contribution in [2.45, 2.75) is 45.0 Å². The molecule has 21 heavy (non-hydrogen) atoms. The van der Waals surface area contributed by atoms with Crippen LogP contribution in [0.5, 0.6) is 5.75 Å². The molecule has 1 rings (SSSR count). The number of nitrogens with one attached hydrogen (secondary N) is 1. The molecular formula is C16H24ClNO2S. The number of hydrogen-bond acceptors (Lipinski definition) is 3. The number of benzene rings is 1. The summed E-state index contributed by atoms with van der Waals surface area (Å²) in [4.78, 5) is 12.2. The standard InChI is InChI=1S/C16H24ClNO2S/c1-12(2)21-11-5-10-18-15(19)16(3,4)20-14-8-6-13(17)7-9-14/h6-9,12H,5,10-11H2,1-4H3,(H,18,19). The molecule has 0 radical (unpaired) electrons. The van der Waals surface area contributed by atoms with E-state index in [1.54, 1.807) is 38.1 Å². The minimum Gasteiger partial charge on any atom is -0.478 e. The second-order valence-electron chi connectivity index (χ2n) is 5.60. The van der Waals surface area contributed by atoms with Gasteiger partial charge in [-0.1, -0.05) is 25.4 Å². The molecule has 0 heterocycles. The van der Waals surface area contributed by atoms with Crippen LogP contribution in [-0.2, 0) is 4.79 Å². The van der Waals surface area contributed by atoms with E-state index in [1.165, 1.54) is 0 Å². The van der Waals surface area contributed by atoms with Crippen molar-refractivity contribution in [3.05, 3.63) is 29.3 Å². The minimum atomic E-state index is -0.904. The van der Waals surface area contributed by atoms with Crippen molar-refractivity contribution in [2.24, 2.45) is 0 Å². The smallest absolute Gasteiger partial charge is 0.263 e. The maximum atomic E-state index is 12.2. The van der Waals surface area contributed by atoms with Gasteiger partial charge in [0.25, 0.3) is 5.91 Å². The Kier molecular flexibility index (Phi) is 7.40. The monoisotopic (exact) mass is 329 g/mol. The first kappa shape index (κ1) is 18.2. The Bertz CT molecular complexity index is 446. The predicted molar refractivity (Wildman–Crippen MR) is 91.4 cm³/mol. The van der Waals surface area contributed by atoms with E-state index in [1.807, 2.05) is 11.8 Å². The van der Waals surface area contributed by atoms with Gasteiger partial charge in [-0.05, 0) is 55.5 Å². The van der Waals surface area contributed by atoms with E-state index in [-0.39, 0.29) is 5.91 Å². The fraction of sp³-hybridized carbons (Fsp3) is 0.562. The van der Waals surface area contributed by atoms with E-state index in [9.17, 15) is 4.79 Å². The number of rotatable bonds is 8. The van der Waals surface area contributed by atoms with Crippen molar-refractivity contribution in [2.75, 3.05) is 12.3 Å². The topological polar surface area (TPSA) is 38.3 Å². The lowest BCUT2D eigenvalue weighted by atomic mass is 10.1. The normalized spacial score (nSPS) is 11.5. The van der Waals surface area contributed by atoms with E-state index >= 15 is 0 Å². The Hall–Kier alpha value is -0.870. The Morgan fingerprint density at radius 3 is 2.52 bits per heavy atom. The van der Waals surface area contributed by atoms with E-state index < -0.39 is 5.60 Å². The Morgan fingerprint density at radius 2 is 1.95 bits per heavy atom. The van der Waals surface area contributed by atoms with Crippen LogP contribution in [0.3, 0.4) is 0 Å². The van der Waals surface area contributed by atoms with Gasteiger partial charge in [0.1, 0.15) is 5.75 Å². The van der Waals surface area contributed by atoms with Gasteiger partial charge in [0, 0.05) is 11.6 Å². The maximum absolute atomic E-state index is 12.2. The van der Waals surface area contributed by atoms with Crippen LogP contribution in [0.2, 0.25) is 5.02 Å². The van der Waals surface area contributed by atoms with E-state index in [2.05, 4.69) is 19.2 Å². The van der Waals surface area contributed by atoms with Gasteiger partial charge in [0.15, 0.2) is 5.60 Å². The molecule has 118 valence electrons. The first-order valence-corrected chi connectivity index (χ1v) is 8.58. The Balaban J connectivity index is 2.38. The van der Waals surface area contributed by atoms with Gasteiger partial charge in [-0.25, -0.2) is 0 Å². The van der Waals surface area contributed by atoms with Crippen molar-refractivity contribution >= 4 is 29.3 Å². The number of thioether (sulfide) groups is 1. The molecule has 3 nitrogen and oxygen atoms in total. The second kappa shape index (κ2) is 8.54. The summed E-state index contributed by atoms with van der Waals surface area (Å²) in [6.45, 7) is 8.55. The molecule has 5 heteroatoms. The fourth-order valence-electron chi connectivity index (χ4n) is 1.65. The highest BCUT2D eigenvalue weighted by atomic mass is 35.5. The average Bonchev–Trinajstić information content (AvgIpc) is 2.40. The summed E-state index contributed by atoms with van der Waals surface area (Å²) in [5, 5.41) is 4.20. The zero-order chi connectivity index (χ0) is 15.9. The molecule has 1 amide bonds. The number of carbonyl (C=O) groups excluding carboxylic acids is 1. The van der Waals surface area contributed by atoms with Gasteiger partial charge in [0.2, 0.25) is 0 Å². The molecule has 0 fully saturated rings. The molecule has 0 aliphatic heterocycles. The van der Waals surface area contributed by atoms with Crippen molar-refractivity contribution < 1.29 is 9.53 Å². The van der Waals surface area contributed by atoms with Crippen LogP contribution in [0, 0.1) is 0 Å².